The van der Waals surface area contributed by atoms with Crippen LogP contribution in [0.15, 0.2) is 53.0 Å². The van der Waals surface area contributed by atoms with Gasteiger partial charge in [-0.25, -0.2) is 0 Å². The molecule has 0 amide bonds. The van der Waals surface area contributed by atoms with Crippen LogP contribution in [0.5, 0.6) is 0 Å². The molecule has 0 fully saturated rings. The van der Waals surface area contributed by atoms with E-state index < -0.39 is 0 Å². The van der Waals surface area contributed by atoms with E-state index in [1.807, 2.05) is 48.5 Å². The van der Waals surface area contributed by atoms with Gasteiger partial charge in [-0.2, -0.15) is 0 Å². The number of carbonyl (C=O) groups excluding carboxylic acids is 1. The summed E-state index contributed by atoms with van der Waals surface area (Å²) >= 11 is 5.63. The molecule has 0 saturated heterocycles. The zero-order valence-corrected chi connectivity index (χ0v) is 12.7. The predicted octanol–water partition coefficient (Wildman–Crippen LogP) is 4.48. The van der Waals surface area contributed by atoms with Gasteiger partial charge in [-0.05, 0) is 52.4 Å². The normalized spacial score (nSPS) is 10.2. The molecule has 3 heteroatoms. The molecule has 0 N–H and O–H groups in total. The highest BCUT2D eigenvalue weighted by atomic mass is 127. The summed E-state index contributed by atoms with van der Waals surface area (Å²) in [5.74, 6) is 0.146. The third kappa shape index (κ3) is 3.64. The largest absolute Gasteiger partial charge is 0.294 e. The average Bonchev–Trinajstić information content (AvgIpc) is 2.32. The molecule has 0 saturated carbocycles. The molecule has 2 aromatic rings. The Balaban J connectivity index is 2.14. The van der Waals surface area contributed by atoms with E-state index in [2.05, 4.69) is 38.5 Å². The lowest BCUT2D eigenvalue weighted by molar-refractivity contribution is 0.0993. The van der Waals surface area contributed by atoms with Crippen LogP contribution in [0.2, 0.25) is 0 Å². The van der Waals surface area contributed by atoms with Gasteiger partial charge in [0.05, 0.1) is 0 Å². The Kier molecular flexibility index (Phi) is 4.34. The van der Waals surface area contributed by atoms with Crippen molar-refractivity contribution >= 4 is 44.3 Å². The molecule has 2 rings (SSSR count). The molecule has 0 aliphatic carbocycles. The first-order chi connectivity index (χ1) is 8.15. The number of benzene rings is 2. The van der Waals surface area contributed by atoms with Crippen molar-refractivity contribution in [2.75, 3.05) is 0 Å². The second-order valence-electron chi connectivity index (χ2n) is 3.74. The highest BCUT2D eigenvalue weighted by molar-refractivity contribution is 14.1. The Morgan fingerprint density at radius 2 is 1.82 bits per heavy atom. The fourth-order valence-corrected chi connectivity index (χ4v) is 2.31. The van der Waals surface area contributed by atoms with Gasteiger partial charge in [-0.3, -0.25) is 4.79 Å². The lowest BCUT2D eigenvalue weighted by Gasteiger charge is -2.02. The summed E-state index contributed by atoms with van der Waals surface area (Å²) in [6.07, 6.45) is 0.452. The molecule has 0 radical (unpaired) electrons. The number of rotatable bonds is 3. The molecular weight excluding hydrogens is 391 g/mol. The highest BCUT2D eigenvalue weighted by Crippen LogP contribution is 2.14. The molecule has 0 bridgehead atoms. The van der Waals surface area contributed by atoms with Gasteiger partial charge >= 0.3 is 0 Å². The SMILES string of the molecule is O=C(Cc1ccc(I)cc1)c1cccc(Br)c1. The maximum absolute atomic E-state index is 12.0. The van der Waals surface area contributed by atoms with Crippen molar-refractivity contribution in [1.82, 2.24) is 0 Å². The quantitative estimate of drug-likeness (QED) is 0.548. The van der Waals surface area contributed by atoms with Crippen LogP contribution in [-0.2, 0) is 6.42 Å². The summed E-state index contributed by atoms with van der Waals surface area (Å²) in [5, 5.41) is 0. The van der Waals surface area contributed by atoms with Crippen LogP contribution in [0, 0.1) is 3.57 Å². The topological polar surface area (TPSA) is 17.1 Å². The van der Waals surface area contributed by atoms with Gasteiger partial charge < -0.3 is 0 Å². The van der Waals surface area contributed by atoms with Crippen molar-refractivity contribution in [1.29, 1.82) is 0 Å². The first kappa shape index (κ1) is 12.8. The monoisotopic (exact) mass is 400 g/mol. The summed E-state index contributed by atoms with van der Waals surface area (Å²) < 4.78 is 2.12. The molecule has 86 valence electrons. The minimum Gasteiger partial charge on any atom is -0.294 e. The second-order valence-corrected chi connectivity index (χ2v) is 5.90. The molecule has 2 aromatic carbocycles. The first-order valence-electron chi connectivity index (χ1n) is 5.18. The second kappa shape index (κ2) is 5.78. The van der Waals surface area contributed by atoms with Crippen molar-refractivity contribution < 1.29 is 4.79 Å². The summed E-state index contributed by atoms with van der Waals surface area (Å²) in [6.45, 7) is 0. The van der Waals surface area contributed by atoms with Gasteiger partial charge in [0.1, 0.15) is 0 Å². The van der Waals surface area contributed by atoms with Crippen LogP contribution in [0.25, 0.3) is 0 Å². The van der Waals surface area contributed by atoms with Crippen LogP contribution in [-0.4, -0.2) is 5.78 Å². The number of Topliss-reactive ketones (excluding diaryl/α,β-unsaturated/α-hetero) is 1. The van der Waals surface area contributed by atoms with E-state index in [-0.39, 0.29) is 5.78 Å². The predicted molar refractivity (Wildman–Crippen MR) is 81.3 cm³/mol. The van der Waals surface area contributed by atoms with E-state index in [0.29, 0.717) is 6.42 Å². The molecule has 0 aliphatic rings. The van der Waals surface area contributed by atoms with Gasteiger partial charge in [-0.1, -0.05) is 40.2 Å². The first-order valence-corrected chi connectivity index (χ1v) is 7.05. The van der Waals surface area contributed by atoms with Crippen LogP contribution < -0.4 is 0 Å². The molecular formula is C14H10BrIO. The molecule has 0 heterocycles. The molecule has 0 unspecified atom stereocenters. The van der Waals surface area contributed by atoms with Gasteiger partial charge in [0.15, 0.2) is 5.78 Å². The summed E-state index contributed by atoms with van der Waals surface area (Å²) in [7, 11) is 0. The summed E-state index contributed by atoms with van der Waals surface area (Å²) in [5.41, 5.74) is 1.80. The van der Waals surface area contributed by atoms with Crippen molar-refractivity contribution in [3.63, 3.8) is 0 Å². The van der Waals surface area contributed by atoms with E-state index in [4.69, 9.17) is 0 Å². The van der Waals surface area contributed by atoms with Crippen molar-refractivity contribution in [2.45, 2.75) is 6.42 Å². The van der Waals surface area contributed by atoms with Crippen LogP contribution in [0.4, 0.5) is 0 Å². The van der Waals surface area contributed by atoms with Crippen LogP contribution in [0.3, 0.4) is 0 Å². The Labute approximate surface area is 123 Å². The van der Waals surface area contributed by atoms with Crippen molar-refractivity contribution in [3.8, 4) is 0 Å². The maximum atomic E-state index is 12.0. The molecule has 0 spiro atoms. The highest BCUT2D eigenvalue weighted by Gasteiger charge is 2.07. The third-order valence-electron chi connectivity index (χ3n) is 2.42. The van der Waals surface area contributed by atoms with Crippen LogP contribution in [0.1, 0.15) is 15.9 Å². The van der Waals surface area contributed by atoms with Gasteiger partial charge in [-0.15, -0.1) is 0 Å². The van der Waals surface area contributed by atoms with E-state index >= 15 is 0 Å². The summed E-state index contributed by atoms with van der Waals surface area (Å²) in [6, 6.07) is 15.5. The van der Waals surface area contributed by atoms with Crippen molar-refractivity contribution in [2.24, 2.45) is 0 Å². The molecule has 0 atom stereocenters. The van der Waals surface area contributed by atoms with Gasteiger partial charge in [0.25, 0.3) is 0 Å². The standard InChI is InChI=1S/C14H10BrIO/c15-12-3-1-2-11(9-12)14(17)8-10-4-6-13(16)7-5-10/h1-7,9H,8H2. The Hall–Kier alpha value is -0.680. The smallest absolute Gasteiger partial charge is 0.167 e. The molecule has 17 heavy (non-hydrogen) atoms. The fraction of sp³-hybridized carbons (Fsp3) is 0.0714. The van der Waals surface area contributed by atoms with E-state index in [1.165, 1.54) is 3.57 Å². The fourth-order valence-electron chi connectivity index (χ4n) is 1.55. The van der Waals surface area contributed by atoms with Gasteiger partial charge in [0, 0.05) is 20.0 Å². The van der Waals surface area contributed by atoms with E-state index in [0.717, 1.165) is 15.6 Å². The molecule has 1 nitrogen and oxygen atoms in total. The Morgan fingerprint density at radius 1 is 1.12 bits per heavy atom. The Bertz CT molecular complexity index is 534. The zero-order valence-electron chi connectivity index (χ0n) is 8.99. The minimum absolute atomic E-state index is 0.146. The van der Waals surface area contributed by atoms with E-state index in [9.17, 15) is 4.79 Å². The number of ketones is 1. The van der Waals surface area contributed by atoms with Crippen LogP contribution >= 0.6 is 38.5 Å². The average molecular weight is 401 g/mol. The molecule has 0 aliphatic heterocycles. The maximum Gasteiger partial charge on any atom is 0.167 e. The lowest BCUT2D eigenvalue weighted by atomic mass is 10.0. The zero-order chi connectivity index (χ0) is 12.3. The van der Waals surface area contributed by atoms with E-state index in [1.54, 1.807) is 0 Å². The molecule has 0 aromatic heterocycles. The lowest BCUT2D eigenvalue weighted by Crippen LogP contribution is -2.03. The van der Waals surface area contributed by atoms with Gasteiger partial charge in [0.2, 0.25) is 0 Å². The number of halogens is 2. The van der Waals surface area contributed by atoms with Crippen molar-refractivity contribution in [3.05, 3.63) is 67.7 Å². The third-order valence-corrected chi connectivity index (χ3v) is 3.64. The minimum atomic E-state index is 0.146. The number of carbonyl (C=O) groups is 1. The Morgan fingerprint density at radius 3 is 2.47 bits per heavy atom. The number of hydrogen-bond donors (Lipinski definition) is 0. The number of hydrogen-bond acceptors (Lipinski definition) is 1. The summed E-state index contributed by atoms with van der Waals surface area (Å²) in [4.78, 5) is 12.0.